The third-order valence-electron chi connectivity index (χ3n) is 15.3. The van der Waals surface area contributed by atoms with E-state index in [-0.39, 0.29) is 78.3 Å². The summed E-state index contributed by atoms with van der Waals surface area (Å²) in [5.41, 5.74) is -6.19. The first-order valence-corrected chi connectivity index (χ1v) is 18.9. The highest BCUT2D eigenvalue weighted by Gasteiger charge is 2.86. The second-order valence-corrected chi connectivity index (χ2v) is 17.5. The number of rotatable bonds is 2. The van der Waals surface area contributed by atoms with Crippen LogP contribution in [0.2, 0.25) is 0 Å². The summed E-state index contributed by atoms with van der Waals surface area (Å²) in [4.78, 5) is 86.6. The van der Waals surface area contributed by atoms with Gasteiger partial charge in [0.15, 0.2) is 11.4 Å². The van der Waals surface area contributed by atoms with Crippen LogP contribution in [-0.4, -0.2) is 101 Å². The van der Waals surface area contributed by atoms with E-state index in [1.807, 2.05) is 6.92 Å². The van der Waals surface area contributed by atoms with E-state index in [0.29, 0.717) is 29.6 Å². The van der Waals surface area contributed by atoms with Gasteiger partial charge in [-0.3, -0.25) is 19.6 Å². The van der Waals surface area contributed by atoms with Crippen molar-refractivity contribution in [1.29, 1.82) is 0 Å². The van der Waals surface area contributed by atoms with Gasteiger partial charge in [-0.15, -0.1) is 0 Å². The molecule has 15 heteroatoms. The first kappa shape index (κ1) is 36.5. The van der Waals surface area contributed by atoms with Crippen molar-refractivity contribution in [2.45, 2.75) is 89.1 Å². The van der Waals surface area contributed by atoms with E-state index in [4.69, 9.17) is 28.6 Å². The summed E-state index contributed by atoms with van der Waals surface area (Å²) >= 11 is 0. The Balaban J connectivity index is 1.31. The largest absolute Gasteiger partial charge is 0.466 e. The Morgan fingerprint density at radius 2 is 1.60 bits per heavy atom. The molecule has 0 unspecified atom stereocenters. The first-order chi connectivity index (χ1) is 26.0. The van der Waals surface area contributed by atoms with Gasteiger partial charge in [-0.25, -0.2) is 19.3 Å². The zero-order valence-electron chi connectivity index (χ0n) is 31.2. The Morgan fingerprint density at radius 3 is 2.27 bits per heavy atom. The molecule has 55 heavy (non-hydrogen) atoms. The summed E-state index contributed by atoms with van der Waals surface area (Å²) in [6.45, 7) is 5.53. The molecule has 0 amide bonds. The Bertz CT molecular complexity index is 2040. The molecule has 0 aromatic heterocycles. The number of fused-ring (bicyclic) bond motifs is 7. The maximum atomic E-state index is 14.7. The topological polar surface area (TPSA) is 218 Å². The molecule has 2 heterocycles. The lowest BCUT2D eigenvalue weighted by Gasteiger charge is -2.63. The van der Waals surface area contributed by atoms with Gasteiger partial charge in [-0.05, 0) is 85.3 Å². The second kappa shape index (κ2) is 11.5. The Morgan fingerprint density at radius 1 is 0.927 bits per heavy atom. The molecular weight excluding hydrogens is 720 g/mol. The number of hydrogen-bond acceptors (Lipinski definition) is 15. The molecule has 294 valence electrons. The third-order valence-corrected chi connectivity index (χ3v) is 15.3. The molecule has 12 atom stereocenters. The third kappa shape index (κ3) is 4.35. The van der Waals surface area contributed by atoms with Crippen LogP contribution in [0.5, 0.6) is 0 Å². The summed E-state index contributed by atoms with van der Waals surface area (Å²) in [6, 6.07) is 0. The zero-order valence-corrected chi connectivity index (χ0v) is 31.2. The summed E-state index contributed by atoms with van der Waals surface area (Å²) in [6.07, 6.45) is -0.0385. The van der Waals surface area contributed by atoms with Gasteiger partial charge in [0.25, 0.3) is 0 Å². The number of carbonyl (C=O) groups excluding carboxylic acids is 6. The van der Waals surface area contributed by atoms with Gasteiger partial charge in [0.05, 0.1) is 25.5 Å². The van der Waals surface area contributed by atoms with Gasteiger partial charge in [0.2, 0.25) is 0 Å². The highest BCUT2D eigenvalue weighted by molar-refractivity contribution is 6.12. The minimum Gasteiger partial charge on any atom is -0.466 e. The van der Waals surface area contributed by atoms with Crippen molar-refractivity contribution in [3.63, 3.8) is 0 Å². The molecule has 1 spiro atoms. The van der Waals surface area contributed by atoms with Crippen LogP contribution in [0.15, 0.2) is 45.1 Å². The zero-order chi connectivity index (χ0) is 39.4. The van der Waals surface area contributed by atoms with Crippen molar-refractivity contribution in [1.82, 2.24) is 0 Å². The number of Topliss-reactive ketones (excluding diaryl/α,β-unsaturated/α-hetero) is 1. The number of aliphatic hydroxyl groups excluding tert-OH is 1. The number of ketones is 1. The predicted octanol–water partition coefficient (Wildman–Crippen LogP) is 1.99. The van der Waals surface area contributed by atoms with E-state index >= 15 is 0 Å². The fourth-order valence-corrected chi connectivity index (χ4v) is 12.8. The summed E-state index contributed by atoms with van der Waals surface area (Å²) < 4.78 is 28.3. The lowest BCUT2D eigenvalue weighted by molar-refractivity contribution is -0.330. The molecular formula is C40H44O15. The standard InChI is InChI=1S/C40H44O15/c1-16-8-28(43)53-15-38(48)22-9-20(22)36(3)24(38)11-19-18(14-52-27(42)7-6-26(41)51-13-16)35(47)54-40(19)25(36)12-39(55-49)23-10-21(23)37(4)32(39)30(40)29(31(44)33(37)45)17(2)34(46)50-5/h8,20-25,33,45,48-49H,6-7,9-15H2,1-5H3/b16-8+,29-17-/t20-,21-,22+,23+,24-,25+,33+,36+,37+,38+,39+,40+/m1/s1. The highest BCUT2D eigenvalue weighted by atomic mass is 17.1. The quantitative estimate of drug-likeness (QED) is 0.120. The minimum atomic E-state index is -1.79. The van der Waals surface area contributed by atoms with Crippen molar-refractivity contribution in [2.24, 2.45) is 46.3 Å². The van der Waals surface area contributed by atoms with Crippen LogP contribution < -0.4 is 0 Å². The van der Waals surface area contributed by atoms with Crippen molar-refractivity contribution in [2.75, 3.05) is 26.9 Å². The minimum absolute atomic E-state index is 0.0114. The average molecular weight is 765 g/mol. The molecule has 0 saturated heterocycles. The lowest BCUT2D eigenvalue weighted by Crippen LogP contribution is -2.67. The number of methoxy groups -OCH3 is 1. The van der Waals surface area contributed by atoms with Gasteiger partial charge < -0.3 is 33.9 Å². The summed E-state index contributed by atoms with van der Waals surface area (Å²) in [5, 5.41) is 35.8. The maximum absolute atomic E-state index is 14.7. The van der Waals surface area contributed by atoms with Crippen molar-refractivity contribution in [3.8, 4) is 0 Å². The van der Waals surface area contributed by atoms with E-state index in [2.05, 4.69) is 0 Å². The molecule has 9 rings (SSSR count). The molecule has 7 aliphatic carbocycles. The van der Waals surface area contributed by atoms with E-state index in [1.165, 1.54) is 13.0 Å². The Labute approximate surface area is 315 Å². The number of aliphatic hydroxyl groups is 2. The van der Waals surface area contributed by atoms with E-state index in [0.717, 1.165) is 7.11 Å². The van der Waals surface area contributed by atoms with Gasteiger partial charge in [0, 0.05) is 40.0 Å². The van der Waals surface area contributed by atoms with Gasteiger partial charge in [-0.2, -0.15) is 0 Å². The molecule has 15 nitrogen and oxygen atoms in total. The number of cyclic esters (lactones) is 3. The molecule has 0 radical (unpaired) electrons. The van der Waals surface area contributed by atoms with Crippen LogP contribution in [0, 0.1) is 46.3 Å². The highest BCUT2D eigenvalue weighted by Crippen LogP contribution is 2.84. The van der Waals surface area contributed by atoms with Crippen LogP contribution in [-0.2, 0) is 57.3 Å². The van der Waals surface area contributed by atoms with E-state index < -0.39 is 94.4 Å². The average Bonchev–Trinajstić information content (AvgIpc) is 4.08. The fourth-order valence-electron chi connectivity index (χ4n) is 12.8. The Hall–Kier alpha value is -4.18. The van der Waals surface area contributed by atoms with Crippen molar-refractivity contribution < 1.29 is 72.8 Å². The molecule has 5 saturated carbocycles. The predicted molar refractivity (Wildman–Crippen MR) is 181 cm³/mol. The van der Waals surface area contributed by atoms with E-state index in [1.54, 1.807) is 13.8 Å². The molecule has 0 aromatic carbocycles. The number of hydrogen-bond donors (Lipinski definition) is 3. The van der Waals surface area contributed by atoms with Crippen molar-refractivity contribution >= 4 is 35.6 Å². The van der Waals surface area contributed by atoms with E-state index in [9.17, 15) is 44.2 Å². The number of ether oxygens (including phenoxy) is 5. The van der Waals surface area contributed by atoms with Crippen LogP contribution in [0.3, 0.4) is 0 Å². The number of esters is 5. The first-order valence-electron chi connectivity index (χ1n) is 18.9. The van der Waals surface area contributed by atoms with Crippen LogP contribution in [0.25, 0.3) is 0 Å². The summed E-state index contributed by atoms with van der Waals surface area (Å²) in [7, 11) is 1.16. The van der Waals surface area contributed by atoms with Crippen LogP contribution in [0.4, 0.5) is 0 Å². The van der Waals surface area contributed by atoms with Crippen molar-refractivity contribution in [3.05, 3.63) is 45.1 Å². The van der Waals surface area contributed by atoms with Crippen LogP contribution in [0.1, 0.15) is 66.2 Å². The molecule has 3 N–H and O–H groups in total. The molecule has 0 aromatic rings. The lowest BCUT2D eigenvalue weighted by atomic mass is 9.43. The SMILES string of the molecule is COC(=O)/C(C)=C1\C(=O)[C@H](O)[C@]2(C)C3=C1[C@]14OC(=O)C5=C1C[C@H]1[C@](O)(COC(=O)/C=C(\C)COC(=O)CCC(=O)OC5)[C@H]5C[C@H]5[C@]1(C)[C@@H]4C[C@]3(OO)[C@H]1C[C@H]12. The maximum Gasteiger partial charge on any atom is 0.338 e. The second-order valence-electron chi connectivity index (χ2n) is 17.5. The van der Waals surface area contributed by atoms with Gasteiger partial charge in [-0.1, -0.05) is 13.8 Å². The normalized spacial score (nSPS) is 47.4. The number of carbonyl (C=O) groups is 6. The van der Waals surface area contributed by atoms with Gasteiger partial charge >= 0.3 is 29.8 Å². The van der Waals surface area contributed by atoms with Crippen LogP contribution >= 0.6 is 0 Å². The monoisotopic (exact) mass is 764 g/mol. The Kier molecular flexibility index (Phi) is 7.59. The molecule has 2 bridgehead atoms. The smallest absolute Gasteiger partial charge is 0.338 e. The fraction of sp³-hybridized carbons (Fsp3) is 0.650. The summed E-state index contributed by atoms with van der Waals surface area (Å²) in [5.74, 6) is -7.38. The molecule has 9 aliphatic rings. The van der Waals surface area contributed by atoms with Gasteiger partial charge in [0.1, 0.15) is 37.1 Å². The molecule has 2 aliphatic heterocycles. The molecule has 5 fully saturated rings.